The van der Waals surface area contributed by atoms with Gasteiger partial charge in [-0.1, -0.05) is 60.3 Å². The average molecular weight is 425 g/mol. The first-order chi connectivity index (χ1) is 14.6. The molecule has 6 nitrogen and oxygen atoms in total. The van der Waals surface area contributed by atoms with E-state index in [-0.39, 0.29) is 12.2 Å². The predicted molar refractivity (Wildman–Crippen MR) is 118 cm³/mol. The Morgan fingerprint density at radius 3 is 2.37 bits per heavy atom. The minimum absolute atomic E-state index is 0.170. The van der Waals surface area contributed by atoms with Crippen molar-refractivity contribution in [3.63, 3.8) is 0 Å². The molecule has 3 aromatic rings. The van der Waals surface area contributed by atoms with E-state index < -0.39 is 5.79 Å². The van der Waals surface area contributed by atoms with Crippen LogP contribution in [0.4, 0.5) is 0 Å². The lowest BCUT2D eigenvalue weighted by Gasteiger charge is -2.41. The van der Waals surface area contributed by atoms with E-state index in [1.165, 1.54) is 5.56 Å². The van der Waals surface area contributed by atoms with Gasteiger partial charge in [-0.25, -0.2) is 0 Å². The Kier molecular flexibility index (Phi) is 6.82. The largest absolute Gasteiger partial charge is 0.347 e. The molecule has 30 heavy (non-hydrogen) atoms. The van der Waals surface area contributed by atoms with Crippen LogP contribution in [0.2, 0.25) is 0 Å². The van der Waals surface area contributed by atoms with Crippen molar-refractivity contribution in [1.82, 2.24) is 20.2 Å². The van der Waals surface area contributed by atoms with E-state index in [1.54, 1.807) is 16.4 Å². The van der Waals surface area contributed by atoms with E-state index in [0.29, 0.717) is 0 Å². The Labute approximate surface area is 182 Å². The fraction of sp³-hybridized carbons (Fsp3) is 0.435. The summed E-state index contributed by atoms with van der Waals surface area (Å²) in [5.74, 6) is 0.333. The molecule has 0 bridgehead atoms. The highest BCUT2D eigenvalue weighted by Crippen LogP contribution is 2.31. The molecule has 1 aromatic heterocycles. The second kappa shape index (κ2) is 9.73. The average Bonchev–Trinajstić information content (AvgIpc) is 3.21. The summed E-state index contributed by atoms with van der Waals surface area (Å²) < 4.78 is 14.2. The summed E-state index contributed by atoms with van der Waals surface area (Å²) in [4.78, 5) is 0. The molecule has 1 aliphatic heterocycles. The minimum Gasteiger partial charge on any atom is -0.347 e. The first-order valence-electron chi connectivity index (χ1n) is 10.5. The summed E-state index contributed by atoms with van der Waals surface area (Å²) in [5, 5.41) is 12.9. The van der Waals surface area contributed by atoms with Gasteiger partial charge in [-0.3, -0.25) is 0 Å². The van der Waals surface area contributed by atoms with E-state index in [1.807, 2.05) is 44.2 Å². The molecule has 0 unspecified atom stereocenters. The van der Waals surface area contributed by atoms with Crippen molar-refractivity contribution in [3.8, 4) is 5.69 Å². The van der Waals surface area contributed by atoms with Crippen LogP contribution in [0.15, 0.2) is 65.8 Å². The maximum Gasteiger partial charge on any atom is 0.214 e. The molecular formula is C23H28N4O2S. The summed E-state index contributed by atoms with van der Waals surface area (Å²) in [7, 11) is 0. The molecular weight excluding hydrogens is 396 g/mol. The third-order valence-corrected chi connectivity index (χ3v) is 6.09. The molecule has 0 radical (unpaired) electrons. The fourth-order valence-electron chi connectivity index (χ4n) is 3.83. The van der Waals surface area contributed by atoms with Crippen molar-refractivity contribution in [3.05, 3.63) is 66.2 Å². The number of para-hydroxylation sites is 1. The Hall–Kier alpha value is -2.22. The van der Waals surface area contributed by atoms with Crippen molar-refractivity contribution >= 4 is 11.8 Å². The number of rotatable bonds is 8. The van der Waals surface area contributed by atoms with Crippen molar-refractivity contribution < 1.29 is 9.47 Å². The van der Waals surface area contributed by atoms with E-state index in [0.717, 1.165) is 42.3 Å². The Balaban J connectivity index is 1.30. The number of aryl methyl sites for hydroxylation is 1. The summed E-state index contributed by atoms with van der Waals surface area (Å²) in [6, 6.07) is 20.5. The number of nitrogens with zero attached hydrogens (tertiary/aromatic N) is 4. The molecule has 2 atom stereocenters. The third-order valence-electron chi connectivity index (χ3n) is 5.14. The highest BCUT2D eigenvalue weighted by Gasteiger charge is 2.35. The van der Waals surface area contributed by atoms with Crippen LogP contribution in [-0.2, 0) is 15.9 Å². The van der Waals surface area contributed by atoms with Crippen molar-refractivity contribution in [2.24, 2.45) is 0 Å². The molecule has 0 amide bonds. The predicted octanol–water partition coefficient (Wildman–Crippen LogP) is 4.69. The lowest BCUT2D eigenvalue weighted by Crippen LogP contribution is -2.45. The lowest BCUT2D eigenvalue weighted by atomic mass is 9.99. The number of thioether (sulfide) groups is 1. The molecule has 0 aliphatic carbocycles. The molecule has 4 rings (SSSR count). The molecule has 0 saturated carbocycles. The monoisotopic (exact) mass is 424 g/mol. The maximum absolute atomic E-state index is 6.20. The van der Waals surface area contributed by atoms with Crippen LogP contribution in [0, 0.1) is 0 Å². The van der Waals surface area contributed by atoms with Gasteiger partial charge in [0.25, 0.3) is 0 Å². The minimum atomic E-state index is -0.555. The van der Waals surface area contributed by atoms with Crippen LogP contribution >= 0.6 is 11.8 Å². The van der Waals surface area contributed by atoms with Gasteiger partial charge in [-0.2, -0.15) is 4.68 Å². The molecule has 1 fully saturated rings. The van der Waals surface area contributed by atoms with Crippen molar-refractivity contribution in [2.75, 3.05) is 5.75 Å². The molecule has 1 saturated heterocycles. The molecule has 7 heteroatoms. The first-order valence-corrected chi connectivity index (χ1v) is 11.4. The van der Waals surface area contributed by atoms with Gasteiger partial charge in [0.2, 0.25) is 5.16 Å². The van der Waals surface area contributed by atoms with Crippen LogP contribution in [0.1, 0.15) is 38.7 Å². The van der Waals surface area contributed by atoms with Crippen LogP contribution in [0.3, 0.4) is 0 Å². The summed E-state index contributed by atoms with van der Waals surface area (Å²) in [5.41, 5.74) is 2.32. The lowest BCUT2D eigenvalue weighted by molar-refractivity contribution is -0.300. The van der Waals surface area contributed by atoms with Gasteiger partial charge in [-0.05, 0) is 61.2 Å². The van der Waals surface area contributed by atoms with Crippen molar-refractivity contribution in [2.45, 2.75) is 62.7 Å². The smallest absolute Gasteiger partial charge is 0.214 e. The van der Waals surface area contributed by atoms with E-state index >= 15 is 0 Å². The van der Waals surface area contributed by atoms with Crippen LogP contribution in [0.25, 0.3) is 5.69 Å². The molecule has 0 spiro atoms. The fourth-order valence-corrected chi connectivity index (χ4v) is 4.75. The number of tetrazole rings is 1. The third kappa shape index (κ3) is 5.68. The van der Waals surface area contributed by atoms with Crippen LogP contribution in [-0.4, -0.2) is 44.0 Å². The number of hydrogen-bond donors (Lipinski definition) is 0. The molecule has 0 N–H and O–H groups in total. The zero-order chi connectivity index (χ0) is 20.8. The zero-order valence-electron chi connectivity index (χ0n) is 17.5. The van der Waals surface area contributed by atoms with Gasteiger partial charge in [0.05, 0.1) is 17.9 Å². The topological polar surface area (TPSA) is 62.1 Å². The summed E-state index contributed by atoms with van der Waals surface area (Å²) in [6.07, 6.45) is 4.25. The highest BCUT2D eigenvalue weighted by atomic mass is 32.2. The first kappa shape index (κ1) is 21.0. The van der Waals surface area contributed by atoms with Crippen molar-refractivity contribution in [1.29, 1.82) is 0 Å². The zero-order valence-corrected chi connectivity index (χ0v) is 18.3. The quantitative estimate of drug-likeness (QED) is 0.489. The van der Waals surface area contributed by atoms with Gasteiger partial charge in [0.15, 0.2) is 5.79 Å². The van der Waals surface area contributed by atoms with Crippen LogP contribution < -0.4 is 0 Å². The second-order valence-electron chi connectivity index (χ2n) is 7.99. The van der Waals surface area contributed by atoms with Gasteiger partial charge in [0, 0.05) is 12.2 Å². The highest BCUT2D eigenvalue weighted by molar-refractivity contribution is 7.99. The maximum atomic E-state index is 6.20. The molecule has 1 aliphatic rings. The van der Waals surface area contributed by atoms with Gasteiger partial charge in [0.1, 0.15) is 0 Å². The Morgan fingerprint density at radius 2 is 1.63 bits per heavy atom. The molecule has 2 heterocycles. The SMILES string of the molecule is CC1(C)O[C@@H](CCSc2nnnn2-c2ccccc2)C[C@H](CCc2ccccc2)O1. The van der Waals surface area contributed by atoms with E-state index in [4.69, 9.17) is 9.47 Å². The number of benzene rings is 2. The van der Waals surface area contributed by atoms with Gasteiger partial charge in [-0.15, -0.1) is 5.10 Å². The Morgan fingerprint density at radius 1 is 0.967 bits per heavy atom. The van der Waals surface area contributed by atoms with E-state index in [9.17, 15) is 0 Å². The molecule has 2 aromatic carbocycles. The summed E-state index contributed by atoms with van der Waals surface area (Å²) in [6.45, 7) is 4.02. The summed E-state index contributed by atoms with van der Waals surface area (Å²) >= 11 is 1.66. The number of hydrogen-bond acceptors (Lipinski definition) is 6. The van der Waals surface area contributed by atoms with Crippen LogP contribution in [0.5, 0.6) is 0 Å². The Bertz CT molecular complexity index is 917. The second-order valence-corrected chi connectivity index (χ2v) is 9.05. The number of aromatic nitrogens is 4. The van der Waals surface area contributed by atoms with Gasteiger partial charge < -0.3 is 9.47 Å². The standard InChI is InChI=1S/C23H28N4O2S/c1-23(2)28-20(14-13-18-9-5-3-6-10-18)17-21(29-23)15-16-30-22-24-25-26-27(22)19-11-7-4-8-12-19/h3-12,20-21H,13-17H2,1-2H3/t20-,21-/m0/s1. The normalized spacial score (nSPS) is 20.9. The number of ether oxygens (including phenoxy) is 2. The van der Waals surface area contributed by atoms with Gasteiger partial charge >= 0.3 is 0 Å². The molecule has 158 valence electrons. The van der Waals surface area contributed by atoms with E-state index in [2.05, 4.69) is 45.9 Å².